The number of methoxy groups -OCH3 is 3. The van der Waals surface area contributed by atoms with Crippen LogP contribution in [0, 0.1) is 0 Å². The molecule has 11 nitrogen and oxygen atoms in total. The van der Waals surface area contributed by atoms with Gasteiger partial charge < -0.3 is 24.6 Å². The van der Waals surface area contributed by atoms with Crippen molar-refractivity contribution >= 4 is 23.5 Å². The average Bonchev–Trinajstić information content (AvgIpc) is 2.83. The SMILES string of the molecule is COC(=O)c1ccc(C(=O)OC)c(NC(=O)c2nn(-c3ccccc3OC)c(=O)cc2O)c1. The monoisotopic (exact) mass is 453 g/mol. The summed E-state index contributed by atoms with van der Waals surface area (Å²) < 4.78 is 15.5. The first-order valence-corrected chi connectivity index (χ1v) is 9.39. The van der Waals surface area contributed by atoms with E-state index in [1.807, 2.05) is 0 Å². The predicted octanol–water partition coefficient (Wildman–Crippen LogP) is 1.77. The summed E-state index contributed by atoms with van der Waals surface area (Å²) in [5.41, 5.74) is -1.09. The molecule has 11 heteroatoms. The Morgan fingerprint density at radius 3 is 2.33 bits per heavy atom. The highest BCUT2D eigenvalue weighted by molar-refractivity contribution is 6.09. The van der Waals surface area contributed by atoms with E-state index in [9.17, 15) is 24.3 Å². The molecule has 33 heavy (non-hydrogen) atoms. The Kier molecular flexibility index (Phi) is 6.72. The number of carbonyl (C=O) groups excluding carboxylic acids is 3. The molecule has 0 saturated heterocycles. The first-order valence-electron chi connectivity index (χ1n) is 9.39. The normalized spacial score (nSPS) is 10.3. The van der Waals surface area contributed by atoms with Gasteiger partial charge in [0.25, 0.3) is 11.5 Å². The lowest BCUT2D eigenvalue weighted by Gasteiger charge is -2.13. The molecule has 3 aromatic rings. The number of anilines is 1. The van der Waals surface area contributed by atoms with Gasteiger partial charge in [0.2, 0.25) is 0 Å². The second-order valence-electron chi connectivity index (χ2n) is 6.50. The Labute approximate surface area is 187 Å². The maximum atomic E-state index is 12.9. The fourth-order valence-corrected chi connectivity index (χ4v) is 2.95. The Morgan fingerprint density at radius 2 is 1.67 bits per heavy atom. The zero-order valence-electron chi connectivity index (χ0n) is 17.8. The lowest BCUT2D eigenvalue weighted by molar-refractivity contribution is 0.0587. The van der Waals surface area contributed by atoms with Crippen LogP contribution in [-0.2, 0) is 9.47 Å². The minimum Gasteiger partial charge on any atom is -0.505 e. The van der Waals surface area contributed by atoms with Crippen molar-refractivity contribution in [2.24, 2.45) is 0 Å². The minimum atomic E-state index is -0.955. The third-order valence-electron chi connectivity index (χ3n) is 4.53. The lowest BCUT2D eigenvalue weighted by atomic mass is 10.1. The van der Waals surface area contributed by atoms with E-state index in [-0.39, 0.29) is 22.5 Å². The smallest absolute Gasteiger partial charge is 0.339 e. The Morgan fingerprint density at radius 1 is 0.970 bits per heavy atom. The zero-order chi connectivity index (χ0) is 24.1. The third kappa shape index (κ3) is 4.66. The molecule has 0 spiro atoms. The second kappa shape index (κ2) is 9.64. The van der Waals surface area contributed by atoms with Crippen LogP contribution in [0.1, 0.15) is 31.2 Å². The van der Waals surface area contributed by atoms with Gasteiger partial charge in [-0.1, -0.05) is 12.1 Å². The van der Waals surface area contributed by atoms with Crippen LogP contribution >= 0.6 is 0 Å². The molecule has 0 aliphatic heterocycles. The number of nitrogens with zero attached hydrogens (tertiary/aromatic N) is 2. The molecule has 0 saturated carbocycles. The number of para-hydroxylation sites is 2. The Bertz CT molecular complexity index is 1300. The molecule has 0 radical (unpaired) electrons. The number of hydrogen-bond acceptors (Lipinski definition) is 9. The summed E-state index contributed by atoms with van der Waals surface area (Å²) in [6.07, 6.45) is 0. The van der Waals surface area contributed by atoms with Gasteiger partial charge >= 0.3 is 11.9 Å². The summed E-state index contributed by atoms with van der Waals surface area (Å²) in [6, 6.07) is 11.1. The van der Waals surface area contributed by atoms with Gasteiger partial charge in [-0.25, -0.2) is 9.59 Å². The molecule has 1 aromatic heterocycles. The van der Waals surface area contributed by atoms with Gasteiger partial charge in [0, 0.05) is 6.07 Å². The van der Waals surface area contributed by atoms with E-state index in [4.69, 9.17) is 9.47 Å². The highest BCUT2D eigenvalue weighted by Gasteiger charge is 2.22. The second-order valence-corrected chi connectivity index (χ2v) is 6.50. The third-order valence-corrected chi connectivity index (χ3v) is 4.53. The molecule has 0 atom stereocenters. The largest absolute Gasteiger partial charge is 0.505 e. The summed E-state index contributed by atoms with van der Waals surface area (Å²) in [4.78, 5) is 49.3. The van der Waals surface area contributed by atoms with Gasteiger partial charge in [0.05, 0.1) is 38.1 Å². The van der Waals surface area contributed by atoms with Crippen molar-refractivity contribution in [3.05, 3.63) is 75.7 Å². The molecular weight excluding hydrogens is 434 g/mol. The van der Waals surface area contributed by atoms with E-state index in [1.54, 1.807) is 24.3 Å². The van der Waals surface area contributed by atoms with Crippen molar-refractivity contribution in [1.29, 1.82) is 0 Å². The number of aromatic nitrogens is 2. The predicted molar refractivity (Wildman–Crippen MR) is 115 cm³/mol. The van der Waals surface area contributed by atoms with Crippen LogP contribution in [0.4, 0.5) is 5.69 Å². The van der Waals surface area contributed by atoms with E-state index >= 15 is 0 Å². The standard InChI is InChI=1S/C22H19N3O8/c1-31-17-7-5-4-6-15(17)25-18(27)11-16(26)19(24-25)20(28)23-14-10-12(21(29)32-2)8-9-13(14)22(30)33-3/h4-11,26H,1-3H3,(H,23,28). The quantitative estimate of drug-likeness (QED) is 0.533. The first-order chi connectivity index (χ1) is 15.8. The van der Waals surface area contributed by atoms with Crippen molar-refractivity contribution in [3.63, 3.8) is 0 Å². The van der Waals surface area contributed by atoms with Crippen LogP contribution < -0.4 is 15.6 Å². The first kappa shape index (κ1) is 23.0. The van der Waals surface area contributed by atoms with Gasteiger partial charge in [0.1, 0.15) is 11.4 Å². The van der Waals surface area contributed by atoms with Crippen molar-refractivity contribution in [2.75, 3.05) is 26.6 Å². The van der Waals surface area contributed by atoms with Gasteiger partial charge in [0.15, 0.2) is 11.4 Å². The highest BCUT2D eigenvalue weighted by Crippen LogP contribution is 2.24. The minimum absolute atomic E-state index is 0.0524. The number of hydrogen-bond donors (Lipinski definition) is 2. The summed E-state index contributed by atoms with van der Waals surface area (Å²) in [5, 5.41) is 16.6. The number of benzene rings is 2. The molecule has 170 valence electrons. The maximum Gasteiger partial charge on any atom is 0.339 e. The highest BCUT2D eigenvalue weighted by atomic mass is 16.5. The number of ether oxygens (including phenoxy) is 3. The van der Waals surface area contributed by atoms with E-state index in [0.717, 1.165) is 17.9 Å². The molecule has 3 rings (SSSR count). The van der Waals surface area contributed by atoms with Gasteiger partial charge in [-0.2, -0.15) is 9.78 Å². The van der Waals surface area contributed by atoms with Crippen LogP contribution in [-0.4, -0.2) is 54.1 Å². The molecular formula is C22H19N3O8. The summed E-state index contributed by atoms with van der Waals surface area (Å²) in [5.74, 6) is -2.82. The molecule has 0 bridgehead atoms. The zero-order valence-corrected chi connectivity index (χ0v) is 17.8. The molecule has 2 aromatic carbocycles. The molecule has 0 unspecified atom stereocenters. The Balaban J connectivity index is 2.07. The fraction of sp³-hybridized carbons (Fsp3) is 0.136. The van der Waals surface area contributed by atoms with Crippen molar-refractivity contribution in [1.82, 2.24) is 9.78 Å². The van der Waals surface area contributed by atoms with Crippen molar-refractivity contribution < 1.29 is 33.7 Å². The van der Waals surface area contributed by atoms with Crippen LogP contribution in [0.3, 0.4) is 0 Å². The number of esters is 2. The summed E-state index contributed by atoms with van der Waals surface area (Å²) in [6.45, 7) is 0. The molecule has 1 amide bonds. The summed E-state index contributed by atoms with van der Waals surface area (Å²) >= 11 is 0. The number of carbonyl (C=O) groups is 3. The molecule has 0 fully saturated rings. The van der Waals surface area contributed by atoms with E-state index in [0.29, 0.717) is 5.75 Å². The van der Waals surface area contributed by atoms with Gasteiger partial charge in [-0.15, -0.1) is 0 Å². The lowest BCUT2D eigenvalue weighted by Crippen LogP contribution is -2.26. The number of aromatic hydroxyl groups is 1. The Hall–Kier alpha value is -4.67. The number of rotatable bonds is 6. The fourth-order valence-electron chi connectivity index (χ4n) is 2.95. The average molecular weight is 453 g/mol. The molecule has 1 heterocycles. The number of amides is 1. The van der Waals surface area contributed by atoms with Crippen molar-refractivity contribution in [2.45, 2.75) is 0 Å². The van der Waals surface area contributed by atoms with Crippen LogP contribution in [0.2, 0.25) is 0 Å². The van der Waals surface area contributed by atoms with Gasteiger partial charge in [-0.3, -0.25) is 9.59 Å². The van der Waals surface area contributed by atoms with Crippen LogP contribution in [0.5, 0.6) is 11.5 Å². The van der Waals surface area contributed by atoms with Crippen molar-refractivity contribution in [3.8, 4) is 17.2 Å². The van der Waals surface area contributed by atoms with Crippen LogP contribution in [0.15, 0.2) is 53.3 Å². The van der Waals surface area contributed by atoms with Gasteiger partial charge in [-0.05, 0) is 30.3 Å². The molecule has 0 aliphatic carbocycles. The number of nitrogens with one attached hydrogen (secondary N) is 1. The molecule has 0 aliphatic rings. The van der Waals surface area contributed by atoms with Crippen LogP contribution in [0.25, 0.3) is 5.69 Å². The summed E-state index contributed by atoms with van der Waals surface area (Å²) in [7, 11) is 3.73. The van der Waals surface area contributed by atoms with E-state index in [1.165, 1.54) is 32.4 Å². The maximum absolute atomic E-state index is 12.9. The van der Waals surface area contributed by atoms with E-state index in [2.05, 4.69) is 15.2 Å². The van der Waals surface area contributed by atoms with E-state index < -0.39 is 34.8 Å². The topological polar surface area (TPSA) is 146 Å². The molecule has 2 N–H and O–H groups in total.